The summed E-state index contributed by atoms with van der Waals surface area (Å²) in [6.07, 6.45) is 3.07. The van der Waals surface area contributed by atoms with Gasteiger partial charge in [-0.1, -0.05) is 0 Å². The van der Waals surface area contributed by atoms with Gasteiger partial charge in [-0.3, -0.25) is 0 Å². The molecule has 0 unspecified atom stereocenters. The summed E-state index contributed by atoms with van der Waals surface area (Å²) in [7, 11) is 1.50. The smallest absolute Gasteiger partial charge is 0.154 e. The minimum Gasteiger partial charge on any atom is -0.494 e. The maximum Gasteiger partial charge on any atom is 0.154 e. The Hall–Kier alpha value is -2.28. The van der Waals surface area contributed by atoms with Gasteiger partial charge in [0.25, 0.3) is 0 Å². The van der Waals surface area contributed by atoms with E-state index in [1.54, 1.807) is 24.5 Å². The fourth-order valence-electron chi connectivity index (χ4n) is 1.25. The molecule has 0 amide bonds. The van der Waals surface area contributed by atoms with Gasteiger partial charge in [-0.25, -0.2) is 4.98 Å². The number of pyridine rings is 1. The fourth-order valence-corrected chi connectivity index (χ4v) is 1.25. The van der Waals surface area contributed by atoms with E-state index < -0.39 is 0 Å². The van der Waals surface area contributed by atoms with Crippen LogP contribution >= 0.6 is 0 Å². The first-order chi connectivity index (χ1) is 7.35. The van der Waals surface area contributed by atoms with Crippen molar-refractivity contribution >= 4 is 0 Å². The van der Waals surface area contributed by atoms with Crippen LogP contribution in [0.25, 0.3) is 11.5 Å². The van der Waals surface area contributed by atoms with Crippen molar-refractivity contribution in [3.05, 3.63) is 36.2 Å². The molecule has 2 aromatic heterocycles. The lowest BCUT2D eigenvalue weighted by Gasteiger charge is -2.02. The van der Waals surface area contributed by atoms with Crippen molar-refractivity contribution in [1.29, 1.82) is 5.26 Å². The second kappa shape index (κ2) is 3.84. The Labute approximate surface area is 86.7 Å². The number of ether oxygens (including phenoxy) is 1. The van der Waals surface area contributed by atoms with Crippen LogP contribution in [0.4, 0.5) is 0 Å². The molecule has 0 fully saturated rings. The van der Waals surface area contributed by atoms with Gasteiger partial charge < -0.3 is 9.15 Å². The summed E-state index contributed by atoms with van der Waals surface area (Å²) >= 11 is 0. The van der Waals surface area contributed by atoms with Crippen LogP contribution in [0.2, 0.25) is 0 Å². The van der Waals surface area contributed by atoms with E-state index in [2.05, 4.69) is 4.98 Å². The van der Waals surface area contributed by atoms with Crippen LogP contribution < -0.4 is 4.74 Å². The highest BCUT2D eigenvalue weighted by molar-refractivity contribution is 5.57. The number of rotatable bonds is 2. The molecule has 0 saturated carbocycles. The van der Waals surface area contributed by atoms with Crippen LogP contribution in [0.5, 0.6) is 5.75 Å². The number of nitrogens with zero attached hydrogens (tertiary/aromatic N) is 2. The second-order valence-electron chi connectivity index (χ2n) is 2.86. The van der Waals surface area contributed by atoms with Crippen LogP contribution in [0, 0.1) is 11.3 Å². The monoisotopic (exact) mass is 200 g/mol. The minimum atomic E-state index is 0.443. The average molecular weight is 200 g/mol. The Morgan fingerprint density at radius 3 is 3.00 bits per heavy atom. The zero-order chi connectivity index (χ0) is 10.7. The molecule has 0 saturated heterocycles. The molecule has 2 aromatic rings. The molecule has 0 atom stereocenters. The summed E-state index contributed by atoms with van der Waals surface area (Å²) in [6.45, 7) is 0. The molecule has 0 N–H and O–H groups in total. The maximum atomic E-state index is 8.88. The van der Waals surface area contributed by atoms with E-state index in [9.17, 15) is 0 Å². The van der Waals surface area contributed by atoms with Crippen molar-refractivity contribution in [3.8, 4) is 23.3 Å². The Bertz CT molecular complexity index is 498. The van der Waals surface area contributed by atoms with E-state index in [0.29, 0.717) is 22.8 Å². The fraction of sp³-hybridized carbons (Fsp3) is 0.0909. The number of methoxy groups -OCH3 is 1. The topological polar surface area (TPSA) is 59.1 Å². The number of furan rings is 1. The molecule has 0 bridgehead atoms. The lowest BCUT2D eigenvalue weighted by molar-refractivity contribution is 0.411. The molecule has 4 nitrogen and oxygen atoms in total. The van der Waals surface area contributed by atoms with Gasteiger partial charge >= 0.3 is 0 Å². The van der Waals surface area contributed by atoms with Crippen molar-refractivity contribution in [2.45, 2.75) is 0 Å². The predicted octanol–water partition coefficient (Wildman–Crippen LogP) is 2.22. The zero-order valence-electron chi connectivity index (χ0n) is 8.10. The SMILES string of the molecule is COc1cnc(-c2ccco2)cc1C#N. The molecule has 0 aliphatic carbocycles. The zero-order valence-corrected chi connectivity index (χ0v) is 8.10. The van der Waals surface area contributed by atoms with Crippen LogP contribution in [0.3, 0.4) is 0 Å². The number of nitriles is 1. The predicted molar refractivity (Wildman–Crippen MR) is 53.2 cm³/mol. The molecular formula is C11H8N2O2. The molecule has 0 aliphatic rings. The maximum absolute atomic E-state index is 8.88. The first-order valence-corrected chi connectivity index (χ1v) is 4.33. The van der Waals surface area contributed by atoms with E-state index in [4.69, 9.17) is 14.4 Å². The normalized spacial score (nSPS) is 9.60. The Morgan fingerprint density at radius 2 is 2.40 bits per heavy atom. The van der Waals surface area contributed by atoms with E-state index in [1.165, 1.54) is 13.3 Å². The molecular weight excluding hydrogens is 192 g/mol. The van der Waals surface area contributed by atoms with E-state index >= 15 is 0 Å². The lowest BCUT2D eigenvalue weighted by Crippen LogP contribution is -1.91. The van der Waals surface area contributed by atoms with Crippen LogP contribution in [-0.4, -0.2) is 12.1 Å². The van der Waals surface area contributed by atoms with E-state index in [-0.39, 0.29) is 0 Å². The summed E-state index contributed by atoms with van der Waals surface area (Å²) in [5.74, 6) is 1.10. The highest BCUT2D eigenvalue weighted by Crippen LogP contribution is 2.23. The summed E-state index contributed by atoms with van der Waals surface area (Å²) < 4.78 is 10.2. The van der Waals surface area contributed by atoms with Crippen molar-refractivity contribution in [2.75, 3.05) is 7.11 Å². The molecule has 74 valence electrons. The standard InChI is InChI=1S/C11H8N2O2/c1-14-11-7-13-9(5-8(11)6-12)10-3-2-4-15-10/h2-5,7H,1H3. The van der Waals surface area contributed by atoms with Crippen molar-refractivity contribution < 1.29 is 9.15 Å². The largest absolute Gasteiger partial charge is 0.494 e. The van der Waals surface area contributed by atoms with E-state index in [1.807, 2.05) is 6.07 Å². The highest BCUT2D eigenvalue weighted by Gasteiger charge is 2.07. The molecule has 0 spiro atoms. The molecule has 4 heteroatoms. The van der Waals surface area contributed by atoms with Gasteiger partial charge in [0.2, 0.25) is 0 Å². The van der Waals surface area contributed by atoms with Gasteiger partial charge in [0, 0.05) is 0 Å². The first kappa shape index (κ1) is 9.28. The van der Waals surface area contributed by atoms with Crippen molar-refractivity contribution in [3.63, 3.8) is 0 Å². The van der Waals surface area contributed by atoms with Crippen LogP contribution in [0.1, 0.15) is 5.56 Å². The third kappa shape index (κ3) is 1.67. The summed E-state index contributed by atoms with van der Waals surface area (Å²) in [4.78, 5) is 4.13. The van der Waals surface area contributed by atoms with Crippen molar-refractivity contribution in [2.24, 2.45) is 0 Å². The molecule has 2 heterocycles. The summed E-state index contributed by atoms with van der Waals surface area (Å²) in [5, 5.41) is 8.88. The Balaban J connectivity index is 2.49. The molecule has 2 rings (SSSR count). The molecule has 0 aromatic carbocycles. The number of hydrogen-bond donors (Lipinski definition) is 0. The van der Waals surface area contributed by atoms with Crippen LogP contribution in [0.15, 0.2) is 35.1 Å². The first-order valence-electron chi connectivity index (χ1n) is 4.33. The van der Waals surface area contributed by atoms with Crippen molar-refractivity contribution in [1.82, 2.24) is 4.98 Å². The minimum absolute atomic E-state index is 0.443. The van der Waals surface area contributed by atoms with Gasteiger partial charge in [0.15, 0.2) is 11.5 Å². The molecule has 15 heavy (non-hydrogen) atoms. The quantitative estimate of drug-likeness (QED) is 0.745. The molecule has 0 aliphatic heterocycles. The third-order valence-corrected chi connectivity index (χ3v) is 1.98. The highest BCUT2D eigenvalue weighted by atomic mass is 16.5. The summed E-state index contributed by atoms with van der Waals surface area (Å²) in [5.41, 5.74) is 1.07. The third-order valence-electron chi connectivity index (χ3n) is 1.98. The van der Waals surface area contributed by atoms with Gasteiger partial charge in [-0.2, -0.15) is 5.26 Å². The second-order valence-corrected chi connectivity index (χ2v) is 2.86. The number of hydrogen-bond acceptors (Lipinski definition) is 4. The lowest BCUT2D eigenvalue weighted by atomic mass is 10.2. The van der Waals surface area contributed by atoms with Gasteiger partial charge in [0.05, 0.1) is 25.1 Å². The van der Waals surface area contributed by atoms with E-state index in [0.717, 1.165) is 0 Å². The number of aromatic nitrogens is 1. The Kier molecular flexibility index (Phi) is 2.38. The van der Waals surface area contributed by atoms with Gasteiger partial charge in [-0.15, -0.1) is 0 Å². The van der Waals surface area contributed by atoms with Gasteiger partial charge in [-0.05, 0) is 18.2 Å². The summed E-state index contributed by atoms with van der Waals surface area (Å²) in [6, 6.07) is 7.24. The molecule has 0 radical (unpaired) electrons. The Morgan fingerprint density at radius 1 is 1.53 bits per heavy atom. The van der Waals surface area contributed by atoms with Crippen LogP contribution in [-0.2, 0) is 0 Å². The van der Waals surface area contributed by atoms with Gasteiger partial charge in [0.1, 0.15) is 11.8 Å². The average Bonchev–Trinajstić information content (AvgIpc) is 2.81.